The van der Waals surface area contributed by atoms with E-state index >= 15 is 0 Å². The molecule has 0 radical (unpaired) electrons. The van der Waals surface area contributed by atoms with Gasteiger partial charge in [-0.25, -0.2) is 4.39 Å². The molecule has 5 nitrogen and oxygen atoms in total. The summed E-state index contributed by atoms with van der Waals surface area (Å²) in [5.74, 6) is -1.28. The van der Waals surface area contributed by atoms with Crippen molar-refractivity contribution < 1.29 is 23.8 Å². The van der Waals surface area contributed by atoms with Gasteiger partial charge in [-0.05, 0) is 75.1 Å². The Balaban J connectivity index is 1.83. The Morgan fingerprint density at radius 3 is 2.34 bits per heavy atom. The van der Waals surface area contributed by atoms with Crippen LogP contribution >= 0.6 is 0 Å². The van der Waals surface area contributed by atoms with E-state index in [0.717, 1.165) is 31.2 Å². The average Bonchev–Trinajstić information content (AvgIpc) is 3.37. The molecule has 0 bridgehead atoms. The van der Waals surface area contributed by atoms with Gasteiger partial charge in [-0.2, -0.15) is 0 Å². The summed E-state index contributed by atoms with van der Waals surface area (Å²) in [6.45, 7) is 5.47. The van der Waals surface area contributed by atoms with Crippen LogP contribution in [0.1, 0.15) is 62.3 Å². The molecular weight excluding hydrogens is 409 g/mol. The molecule has 1 saturated carbocycles. The monoisotopic (exact) mass is 437 g/mol. The van der Waals surface area contributed by atoms with Crippen LogP contribution in [-0.2, 0) is 9.59 Å². The molecule has 2 aliphatic rings. The smallest absolute Gasteiger partial charge is 0.295 e. The van der Waals surface area contributed by atoms with E-state index in [1.807, 2.05) is 38.1 Å². The number of ketones is 1. The summed E-state index contributed by atoms with van der Waals surface area (Å²) >= 11 is 0. The lowest BCUT2D eigenvalue weighted by Gasteiger charge is -2.31. The lowest BCUT2D eigenvalue weighted by Crippen LogP contribution is -2.37. The zero-order valence-corrected chi connectivity index (χ0v) is 18.6. The van der Waals surface area contributed by atoms with Gasteiger partial charge in [0.05, 0.1) is 17.7 Å². The standard InChI is InChI=1S/C26H28FNO4/c1-15(2)32-20-11-8-17(9-12-20)23-22(24(29)18-10-13-21(27)16(3)14-18)25(30)26(31)28(23)19-6-4-5-7-19/h8-15,19,23,29H,4-7H2,1-3H3/b24-22-. The van der Waals surface area contributed by atoms with Gasteiger partial charge in [0, 0.05) is 11.6 Å². The van der Waals surface area contributed by atoms with Crippen LogP contribution in [0.3, 0.4) is 0 Å². The third-order valence-electron chi connectivity index (χ3n) is 6.20. The van der Waals surface area contributed by atoms with E-state index in [0.29, 0.717) is 16.9 Å². The number of nitrogens with zero attached hydrogens (tertiary/aromatic N) is 1. The fourth-order valence-corrected chi connectivity index (χ4v) is 4.68. The number of aliphatic hydroxyl groups excluding tert-OH is 1. The van der Waals surface area contributed by atoms with Crippen molar-refractivity contribution in [3.63, 3.8) is 0 Å². The molecule has 6 heteroatoms. The van der Waals surface area contributed by atoms with Crippen LogP contribution < -0.4 is 4.74 Å². The number of rotatable bonds is 5. The second-order valence-electron chi connectivity index (χ2n) is 8.84. The summed E-state index contributed by atoms with van der Waals surface area (Å²) in [6.07, 6.45) is 3.67. The third-order valence-corrected chi connectivity index (χ3v) is 6.20. The maximum Gasteiger partial charge on any atom is 0.295 e. The van der Waals surface area contributed by atoms with Crippen molar-refractivity contribution in [2.75, 3.05) is 0 Å². The number of hydrogen-bond donors (Lipinski definition) is 1. The minimum Gasteiger partial charge on any atom is -0.507 e. The van der Waals surface area contributed by atoms with Crippen molar-refractivity contribution >= 4 is 17.4 Å². The molecule has 2 fully saturated rings. The molecule has 0 spiro atoms. The number of halogens is 1. The van der Waals surface area contributed by atoms with Crippen molar-refractivity contribution in [3.8, 4) is 5.75 Å². The number of carbonyl (C=O) groups excluding carboxylic acids is 2. The number of hydrogen-bond acceptors (Lipinski definition) is 4. The normalized spacial score (nSPS) is 21.0. The van der Waals surface area contributed by atoms with Crippen LogP contribution in [0.5, 0.6) is 5.75 Å². The Hall–Kier alpha value is -3.15. The molecule has 1 unspecified atom stereocenters. The SMILES string of the molecule is Cc1cc(/C(O)=C2/C(=O)C(=O)N(C3CCCC3)C2c2ccc(OC(C)C)cc2)ccc1F. The van der Waals surface area contributed by atoms with Gasteiger partial charge >= 0.3 is 0 Å². The molecule has 2 aromatic carbocycles. The molecule has 1 N–H and O–H groups in total. The molecular formula is C26H28FNO4. The van der Waals surface area contributed by atoms with Gasteiger partial charge in [0.2, 0.25) is 0 Å². The molecule has 168 valence electrons. The van der Waals surface area contributed by atoms with Crippen LogP contribution in [0, 0.1) is 12.7 Å². The molecule has 1 atom stereocenters. The van der Waals surface area contributed by atoms with E-state index in [9.17, 15) is 19.1 Å². The number of aryl methyl sites for hydroxylation is 1. The highest BCUT2D eigenvalue weighted by molar-refractivity contribution is 6.46. The van der Waals surface area contributed by atoms with Crippen LogP contribution in [0.4, 0.5) is 4.39 Å². The topological polar surface area (TPSA) is 66.8 Å². The molecule has 1 saturated heterocycles. The first-order chi connectivity index (χ1) is 15.3. The summed E-state index contributed by atoms with van der Waals surface area (Å²) < 4.78 is 19.5. The van der Waals surface area contributed by atoms with Gasteiger partial charge in [0.1, 0.15) is 17.3 Å². The molecule has 2 aromatic rings. The lowest BCUT2D eigenvalue weighted by molar-refractivity contribution is -0.141. The Morgan fingerprint density at radius 2 is 1.75 bits per heavy atom. The maximum absolute atomic E-state index is 13.8. The van der Waals surface area contributed by atoms with Gasteiger partial charge in [0.15, 0.2) is 0 Å². The second kappa shape index (κ2) is 8.77. The number of carbonyl (C=O) groups is 2. The lowest BCUT2D eigenvalue weighted by atomic mass is 9.94. The van der Waals surface area contributed by atoms with E-state index in [2.05, 4.69) is 0 Å². The number of Topliss-reactive ketones (excluding diaryl/α,β-unsaturated/α-hetero) is 1. The van der Waals surface area contributed by atoms with E-state index in [-0.39, 0.29) is 23.5 Å². The first-order valence-corrected chi connectivity index (χ1v) is 11.1. The predicted molar refractivity (Wildman–Crippen MR) is 120 cm³/mol. The average molecular weight is 438 g/mol. The Bertz CT molecular complexity index is 1070. The van der Waals surface area contributed by atoms with Gasteiger partial charge < -0.3 is 14.7 Å². The maximum atomic E-state index is 13.8. The first kappa shape index (κ1) is 22.1. The zero-order chi connectivity index (χ0) is 23.0. The fraction of sp³-hybridized carbons (Fsp3) is 0.385. The fourth-order valence-electron chi connectivity index (χ4n) is 4.68. The Morgan fingerprint density at radius 1 is 1.09 bits per heavy atom. The highest BCUT2D eigenvalue weighted by Crippen LogP contribution is 2.43. The molecule has 4 rings (SSSR count). The number of likely N-dealkylation sites (tertiary alicyclic amines) is 1. The van der Waals surface area contributed by atoms with Crippen LogP contribution in [0.15, 0.2) is 48.0 Å². The summed E-state index contributed by atoms with van der Waals surface area (Å²) in [7, 11) is 0. The summed E-state index contributed by atoms with van der Waals surface area (Å²) in [6, 6.07) is 10.7. The number of benzene rings is 2. The summed E-state index contributed by atoms with van der Waals surface area (Å²) in [5, 5.41) is 11.1. The minimum absolute atomic E-state index is 0.0201. The highest BCUT2D eigenvalue weighted by atomic mass is 19.1. The van der Waals surface area contributed by atoms with Gasteiger partial charge in [-0.15, -0.1) is 0 Å². The van der Waals surface area contributed by atoms with Crippen molar-refractivity contribution in [1.29, 1.82) is 0 Å². The van der Waals surface area contributed by atoms with E-state index < -0.39 is 23.5 Å². The van der Waals surface area contributed by atoms with Crippen molar-refractivity contribution in [1.82, 2.24) is 4.90 Å². The molecule has 0 aromatic heterocycles. The number of aliphatic hydroxyl groups is 1. The largest absolute Gasteiger partial charge is 0.507 e. The van der Waals surface area contributed by atoms with Gasteiger partial charge in [0.25, 0.3) is 11.7 Å². The summed E-state index contributed by atoms with van der Waals surface area (Å²) in [4.78, 5) is 27.9. The highest BCUT2D eigenvalue weighted by Gasteiger charge is 2.49. The first-order valence-electron chi connectivity index (χ1n) is 11.1. The molecule has 1 aliphatic heterocycles. The zero-order valence-electron chi connectivity index (χ0n) is 18.6. The van der Waals surface area contributed by atoms with Crippen molar-refractivity contribution in [2.45, 2.75) is 64.6 Å². The molecule has 1 heterocycles. The molecule has 1 amide bonds. The van der Waals surface area contributed by atoms with Gasteiger partial charge in [-0.3, -0.25) is 9.59 Å². The molecule has 1 aliphatic carbocycles. The second-order valence-corrected chi connectivity index (χ2v) is 8.84. The Kier molecular flexibility index (Phi) is 6.04. The minimum atomic E-state index is -0.705. The van der Waals surface area contributed by atoms with Crippen LogP contribution in [0.25, 0.3) is 5.76 Å². The molecule has 32 heavy (non-hydrogen) atoms. The quantitative estimate of drug-likeness (QED) is 0.392. The van der Waals surface area contributed by atoms with Crippen LogP contribution in [-0.4, -0.2) is 33.8 Å². The van der Waals surface area contributed by atoms with E-state index in [1.54, 1.807) is 11.8 Å². The van der Waals surface area contributed by atoms with Gasteiger partial charge in [-0.1, -0.05) is 25.0 Å². The number of amides is 1. The van der Waals surface area contributed by atoms with Crippen LogP contribution in [0.2, 0.25) is 0 Å². The number of ether oxygens (including phenoxy) is 1. The third kappa shape index (κ3) is 4.01. The Labute approximate surface area is 187 Å². The van der Waals surface area contributed by atoms with Crippen molar-refractivity contribution in [2.24, 2.45) is 0 Å². The summed E-state index contributed by atoms with van der Waals surface area (Å²) in [5.41, 5.74) is 1.45. The van der Waals surface area contributed by atoms with E-state index in [1.165, 1.54) is 18.2 Å². The van der Waals surface area contributed by atoms with Crippen molar-refractivity contribution in [3.05, 3.63) is 70.5 Å². The van der Waals surface area contributed by atoms with E-state index in [4.69, 9.17) is 4.74 Å². The predicted octanol–water partition coefficient (Wildman–Crippen LogP) is 5.29.